The number of hydrogen-bond acceptors (Lipinski definition) is 3. The van der Waals surface area contributed by atoms with Crippen molar-refractivity contribution in [1.82, 2.24) is 10.3 Å². The van der Waals surface area contributed by atoms with Gasteiger partial charge in [-0.15, -0.1) is 0 Å². The van der Waals surface area contributed by atoms with Gasteiger partial charge in [-0.3, -0.25) is 14.4 Å². The van der Waals surface area contributed by atoms with Crippen LogP contribution in [0.4, 0.5) is 11.4 Å². The first-order chi connectivity index (χ1) is 14.8. The maximum Gasteiger partial charge on any atom is 0.247 e. The van der Waals surface area contributed by atoms with Crippen LogP contribution in [0.5, 0.6) is 0 Å². The number of carbonyl (C=O) groups excluding carboxylic acids is 3. The first-order valence-electron chi connectivity index (χ1n) is 10.3. The average molecular weight is 421 g/mol. The van der Waals surface area contributed by atoms with E-state index in [1.54, 1.807) is 24.3 Å². The Balaban J connectivity index is 1.67. The minimum absolute atomic E-state index is 0.0452. The SMILES string of the molecule is CC(=O)NC(Cc1c[nH]c2ccccc12)C(=O)Nc1ccc(NC(=O)CC(C)C)cc1. The average Bonchev–Trinajstić information content (AvgIpc) is 3.11. The van der Waals surface area contributed by atoms with E-state index >= 15 is 0 Å². The number of H-pyrrole nitrogens is 1. The van der Waals surface area contributed by atoms with E-state index < -0.39 is 6.04 Å². The van der Waals surface area contributed by atoms with Gasteiger partial charge >= 0.3 is 0 Å². The Morgan fingerprint density at radius 2 is 1.58 bits per heavy atom. The largest absolute Gasteiger partial charge is 0.361 e. The van der Waals surface area contributed by atoms with Crippen LogP contribution < -0.4 is 16.0 Å². The smallest absolute Gasteiger partial charge is 0.247 e. The zero-order valence-electron chi connectivity index (χ0n) is 18.0. The molecule has 0 saturated carbocycles. The van der Waals surface area contributed by atoms with Crippen LogP contribution in [0.15, 0.2) is 54.7 Å². The van der Waals surface area contributed by atoms with E-state index in [0.29, 0.717) is 24.2 Å². The third-order valence-corrected chi connectivity index (χ3v) is 4.82. The maximum atomic E-state index is 12.9. The molecule has 3 aromatic rings. The molecule has 2 aromatic carbocycles. The number of amides is 3. The van der Waals surface area contributed by atoms with Crippen LogP contribution in [-0.4, -0.2) is 28.7 Å². The molecule has 0 aliphatic rings. The van der Waals surface area contributed by atoms with Crippen LogP contribution in [0.2, 0.25) is 0 Å². The summed E-state index contributed by atoms with van der Waals surface area (Å²) in [5.74, 6) is -0.349. The summed E-state index contributed by atoms with van der Waals surface area (Å²) in [6, 6.07) is 14.0. The fourth-order valence-electron chi connectivity index (χ4n) is 3.42. The molecule has 1 aromatic heterocycles. The third kappa shape index (κ3) is 6.18. The van der Waals surface area contributed by atoms with Gasteiger partial charge in [-0.1, -0.05) is 32.0 Å². The van der Waals surface area contributed by atoms with Crippen molar-refractivity contribution in [3.63, 3.8) is 0 Å². The lowest BCUT2D eigenvalue weighted by molar-refractivity contribution is -0.125. The Labute approximate surface area is 181 Å². The summed E-state index contributed by atoms with van der Waals surface area (Å²) in [5.41, 5.74) is 3.18. The summed E-state index contributed by atoms with van der Waals surface area (Å²) < 4.78 is 0. The molecule has 0 aliphatic carbocycles. The Morgan fingerprint density at radius 1 is 0.935 bits per heavy atom. The Hall–Kier alpha value is -3.61. The number of nitrogens with one attached hydrogen (secondary N) is 4. The fraction of sp³-hybridized carbons (Fsp3) is 0.292. The zero-order valence-corrected chi connectivity index (χ0v) is 18.0. The number of aromatic amines is 1. The molecule has 1 atom stereocenters. The minimum atomic E-state index is -0.720. The van der Waals surface area contributed by atoms with Crippen molar-refractivity contribution in [1.29, 1.82) is 0 Å². The maximum absolute atomic E-state index is 12.9. The molecule has 0 bridgehead atoms. The number of anilines is 2. The van der Waals surface area contributed by atoms with Crippen molar-refractivity contribution in [2.75, 3.05) is 10.6 Å². The van der Waals surface area contributed by atoms with Crippen molar-refractivity contribution in [3.05, 3.63) is 60.3 Å². The van der Waals surface area contributed by atoms with Gasteiger partial charge in [-0.05, 0) is 41.8 Å². The Morgan fingerprint density at radius 3 is 2.23 bits per heavy atom. The zero-order chi connectivity index (χ0) is 22.4. The van der Waals surface area contributed by atoms with Gasteiger partial charge in [0.15, 0.2) is 0 Å². The van der Waals surface area contributed by atoms with Gasteiger partial charge in [-0.2, -0.15) is 0 Å². The van der Waals surface area contributed by atoms with E-state index in [4.69, 9.17) is 0 Å². The second-order valence-corrected chi connectivity index (χ2v) is 8.03. The van der Waals surface area contributed by atoms with Crippen LogP contribution in [0.1, 0.15) is 32.8 Å². The molecule has 1 heterocycles. The van der Waals surface area contributed by atoms with Gasteiger partial charge in [-0.25, -0.2) is 0 Å². The summed E-state index contributed by atoms with van der Waals surface area (Å²) in [6.07, 6.45) is 2.67. The molecule has 4 N–H and O–H groups in total. The van der Waals surface area contributed by atoms with Crippen LogP contribution in [0.3, 0.4) is 0 Å². The lowest BCUT2D eigenvalue weighted by Gasteiger charge is -2.18. The molecule has 0 fully saturated rings. The molecule has 0 aliphatic heterocycles. The first-order valence-corrected chi connectivity index (χ1v) is 10.3. The van der Waals surface area contributed by atoms with Crippen molar-refractivity contribution in [2.24, 2.45) is 5.92 Å². The molecular formula is C24H28N4O3. The molecule has 7 heteroatoms. The number of carbonyl (C=O) groups is 3. The lowest BCUT2D eigenvalue weighted by Crippen LogP contribution is -2.44. The van der Waals surface area contributed by atoms with Gasteiger partial charge in [0.05, 0.1) is 0 Å². The van der Waals surface area contributed by atoms with Crippen molar-refractivity contribution < 1.29 is 14.4 Å². The summed E-state index contributed by atoms with van der Waals surface area (Å²) in [6.45, 7) is 5.37. The van der Waals surface area contributed by atoms with Gasteiger partial charge < -0.3 is 20.9 Å². The van der Waals surface area contributed by atoms with Crippen molar-refractivity contribution >= 4 is 40.0 Å². The molecule has 0 spiro atoms. The molecular weight excluding hydrogens is 392 g/mol. The van der Waals surface area contributed by atoms with E-state index in [2.05, 4.69) is 20.9 Å². The third-order valence-electron chi connectivity index (χ3n) is 4.82. The van der Waals surface area contributed by atoms with E-state index in [9.17, 15) is 14.4 Å². The summed E-state index contributed by atoms with van der Waals surface area (Å²) >= 11 is 0. The van der Waals surface area contributed by atoms with E-state index in [-0.39, 0.29) is 23.6 Å². The highest BCUT2D eigenvalue weighted by molar-refractivity contribution is 5.98. The predicted molar refractivity (Wildman–Crippen MR) is 123 cm³/mol. The molecule has 0 saturated heterocycles. The molecule has 3 rings (SSSR count). The number of fused-ring (bicyclic) bond motifs is 1. The predicted octanol–water partition coefficient (Wildman–Crippen LogP) is 3.84. The Kier molecular flexibility index (Phi) is 7.07. The monoisotopic (exact) mass is 420 g/mol. The quantitative estimate of drug-likeness (QED) is 0.445. The van der Waals surface area contributed by atoms with Crippen LogP contribution in [0.25, 0.3) is 10.9 Å². The highest BCUT2D eigenvalue weighted by atomic mass is 16.2. The van der Waals surface area contributed by atoms with E-state index in [1.165, 1.54) is 6.92 Å². The van der Waals surface area contributed by atoms with Crippen LogP contribution in [0, 0.1) is 5.92 Å². The van der Waals surface area contributed by atoms with Crippen molar-refractivity contribution in [2.45, 2.75) is 39.7 Å². The molecule has 3 amide bonds. The standard InChI is InChI=1S/C24H28N4O3/c1-15(2)12-23(30)27-18-8-10-19(11-9-18)28-24(31)22(26-16(3)29)13-17-14-25-21-7-5-4-6-20(17)21/h4-11,14-15,22,25H,12-13H2,1-3H3,(H,26,29)(H,27,30)(H,28,31). The molecule has 0 radical (unpaired) electrons. The molecule has 162 valence electrons. The summed E-state index contributed by atoms with van der Waals surface area (Å²) in [5, 5.41) is 9.44. The van der Waals surface area contributed by atoms with E-state index in [0.717, 1.165) is 16.5 Å². The highest BCUT2D eigenvalue weighted by Crippen LogP contribution is 2.20. The van der Waals surface area contributed by atoms with Gasteiger partial charge in [0.2, 0.25) is 17.7 Å². The first kappa shape index (κ1) is 22.1. The van der Waals surface area contributed by atoms with Crippen molar-refractivity contribution in [3.8, 4) is 0 Å². The van der Waals surface area contributed by atoms with Gasteiger partial charge in [0.1, 0.15) is 6.04 Å². The second kappa shape index (κ2) is 9.93. The molecule has 1 unspecified atom stereocenters. The normalized spacial score (nSPS) is 11.9. The number of aromatic nitrogens is 1. The highest BCUT2D eigenvalue weighted by Gasteiger charge is 2.21. The van der Waals surface area contributed by atoms with E-state index in [1.807, 2.05) is 44.3 Å². The van der Waals surface area contributed by atoms with Crippen LogP contribution in [-0.2, 0) is 20.8 Å². The summed E-state index contributed by atoms with van der Waals surface area (Å²) in [7, 11) is 0. The van der Waals surface area contributed by atoms with Gasteiger partial charge in [0, 0.05) is 48.2 Å². The van der Waals surface area contributed by atoms with Gasteiger partial charge in [0.25, 0.3) is 0 Å². The number of rotatable bonds is 8. The topological polar surface area (TPSA) is 103 Å². The van der Waals surface area contributed by atoms with Crippen LogP contribution >= 0.6 is 0 Å². The minimum Gasteiger partial charge on any atom is -0.361 e. The fourth-order valence-corrected chi connectivity index (χ4v) is 3.42. The number of benzene rings is 2. The number of para-hydroxylation sites is 1. The molecule has 31 heavy (non-hydrogen) atoms. The summed E-state index contributed by atoms with van der Waals surface area (Å²) in [4.78, 5) is 39.7. The second-order valence-electron chi connectivity index (χ2n) is 8.03. The molecule has 7 nitrogen and oxygen atoms in total. The lowest BCUT2D eigenvalue weighted by atomic mass is 10.0. The number of hydrogen-bond donors (Lipinski definition) is 4. The Bertz CT molecular complexity index is 1070.